The molecule has 0 aliphatic carbocycles. The Kier molecular flexibility index (Phi) is 4.96. The molecule has 0 radical (unpaired) electrons. The summed E-state index contributed by atoms with van der Waals surface area (Å²) in [5.41, 5.74) is 0.357. The van der Waals surface area contributed by atoms with Crippen molar-refractivity contribution >= 4 is 16.9 Å². The van der Waals surface area contributed by atoms with Crippen LogP contribution in [0.4, 0.5) is 17.6 Å². The molecule has 30 heavy (non-hydrogen) atoms. The fourth-order valence-electron chi connectivity index (χ4n) is 3.35. The second-order valence-corrected chi connectivity index (χ2v) is 6.88. The van der Waals surface area contributed by atoms with Crippen LogP contribution in [0.5, 0.6) is 5.75 Å². The number of halogens is 4. The number of likely N-dealkylation sites (tertiary alicyclic amines) is 1. The van der Waals surface area contributed by atoms with Gasteiger partial charge in [0, 0.05) is 25.2 Å². The van der Waals surface area contributed by atoms with E-state index in [0.29, 0.717) is 17.7 Å². The molecule has 160 valence electrons. The number of aryl methyl sites for hydroxylation is 1. The van der Waals surface area contributed by atoms with Crippen LogP contribution in [0, 0.1) is 5.82 Å². The van der Waals surface area contributed by atoms with Gasteiger partial charge in [-0.1, -0.05) is 13.8 Å². The lowest BCUT2D eigenvalue weighted by atomic mass is 10.0. The number of ether oxygens (including phenoxy) is 1. The van der Waals surface area contributed by atoms with Gasteiger partial charge in [-0.25, -0.2) is 9.18 Å². The lowest BCUT2D eigenvalue weighted by Gasteiger charge is -2.35. The summed E-state index contributed by atoms with van der Waals surface area (Å²) >= 11 is 0. The van der Waals surface area contributed by atoms with E-state index in [2.05, 4.69) is 24.9 Å². The first-order chi connectivity index (χ1) is 14.2. The van der Waals surface area contributed by atoms with Crippen LogP contribution in [-0.2, 0) is 11.2 Å². The summed E-state index contributed by atoms with van der Waals surface area (Å²) in [5.74, 6) is -3.44. The fraction of sp³-hybridized carbons (Fsp3) is 0.444. The molecule has 2 aromatic heterocycles. The topological polar surface area (TPSA) is 86.3 Å². The maximum atomic E-state index is 14.1. The number of benzene rings is 1. The van der Waals surface area contributed by atoms with Crippen LogP contribution in [0.1, 0.15) is 31.4 Å². The zero-order chi connectivity index (χ0) is 21.6. The average molecular weight is 427 g/mol. The summed E-state index contributed by atoms with van der Waals surface area (Å²) in [6.07, 6.45) is -4.94. The number of carbonyl (C=O) groups is 1. The largest absolute Gasteiger partial charge is 0.491 e. The van der Waals surface area contributed by atoms with E-state index in [1.807, 2.05) is 6.92 Å². The van der Waals surface area contributed by atoms with Crippen molar-refractivity contribution in [2.24, 2.45) is 0 Å². The van der Waals surface area contributed by atoms with Gasteiger partial charge >= 0.3 is 12.1 Å². The van der Waals surface area contributed by atoms with Gasteiger partial charge in [0.1, 0.15) is 11.6 Å². The predicted molar refractivity (Wildman–Crippen MR) is 94.8 cm³/mol. The Morgan fingerprint density at radius 3 is 2.67 bits per heavy atom. The van der Waals surface area contributed by atoms with Gasteiger partial charge in [0.05, 0.1) is 22.5 Å². The van der Waals surface area contributed by atoms with E-state index in [0.717, 1.165) is 25.7 Å². The molecule has 0 atom stereocenters. The number of nitrogens with zero attached hydrogens (tertiary/aromatic N) is 5. The van der Waals surface area contributed by atoms with Crippen molar-refractivity contribution in [2.45, 2.75) is 32.4 Å². The first-order valence-corrected chi connectivity index (χ1v) is 9.27. The number of hydrogen-bond acceptors (Lipinski definition) is 7. The van der Waals surface area contributed by atoms with E-state index in [4.69, 9.17) is 4.52 Å². The van der Waals surface area contributed by atoms with Crippen LogP contribution in [0.25, 0.3) is 16.9 Å². The number of rotatable bonds is 5. The molecule has 0 amide bonds. The number of hydrogen-bond donors (Lipinski definition) is 0. The summed E-state index contributed by atoms with van der Waals surface area (Å²) in [6.45, 7) is 6.18. The van der Waals surface area contributed by atoms with Gasteiger partial charge in [-0.3, -0.25) is 0 Å². The van der Waals surface area contributed by atoms with E-state index in [9.17, 15) is 22.4 Å². The first-order valence-electron chi connectivity index (χ1n) is 9.27. The summed E-state index contributed by atoms with van der Waals surface area (Å²) in [7, 11) is 0. The third kappa shape index (κ3) is 3.51. The Bertz CT molecular complexity index is 1100. The van der Waals surface area contributed by atoms with Crippen molar-refractivity contribution in [1.82, 2.24) is 24.8 Å². The molecule has 1 saturated heterocycles. The van der Waals surface area contributed by atoms with E-state index in [1.54, 1.807) is 6.92 Å². The van der Waals surface area contributed by atoms with E-state index < -0.39 is 23.7 Å². The molecule has 3 heterocycles. The van der Waals surface area contributed by atoms with E-state index in [-0.39, 0.29) is 29.2 Å². The van der Waals surface area contributed by atoms with Crippen molar-refractivity contribution in [3.63, 3.8) is 0 Å². The number of carbonyl (C=O) groups excluding carboxylic acids is 1. The van der Waals surface area contributed by atoms with Crippen LogP contribution >= 0.6 is 0 Å². The normalized spacial score (nSPS) is 15.5. The molecule has 0 spiro atoms. The minimum atomic E-state index is -5.22. The molecule has 1 aliphatic heterocycles. The van der Waals surface area contributed by atoms with Gasteiger partial charge in [-0.15, -0.1) is 0 Å². The summed E-state index contributed by atoms with van der Waals surface area (Å²) in [4.78, 5) is 17.8. The van der Waals surface area contributed by atoms with Crippen LogP contribution in [0.2, 0.25) is 0 Å². The van der Waals surface area contributed by atoms with Crippen LogP contribution in [-0.4, -0.2) is 56.6 Å². The molecule has 8 nitrogen and oxygen atoms in total. The summed E-state index contributed by atoms with van der Waals surface area (Å²) in [5, 5.41) is 8.23. The molecule has 0 unspecified atom stereocenters. The zero-order valence-electron chi connectivity index (χ0n) is 16.0. The molecule has 0 N–H and O–H groups in total. The lowest BCUT2D eigenvalue weighted by Crippen LogP contribution is -2.44. The number of likely N-dealkylation sites (N-methyl/N-ethyl adjacent to an activating group) is 1. The molecule has 1 fully saturated rings. The predicted octanol–water partition coefficient (Wildman–Crippen LogP) is 3.00. The second kappa shape index (κ2) is 7.35. The monoisotopic (exact) mass is 427 g/mol. The van der Waals surface area contributed by atoms with Crippen molar-refractivity contribution in [3.8, 4) is 11.7 Å². The number of alkyl halides is 3. The molecule has 12 heteroatoms. The maximum Gasteiger partial charge on any atom is 0.491 e. The molecule has 1 aliphatic rings. The minimum absolute atomic E-state index is 0.0170. The highest BCUT2D eigenvalue weighted by Crippen LogP contribution is 2.34. The standard InChI is InChI=1S/C18H17F4N5O3/c1-3-11-14-12(5-10(19)6-13(14)29-16(28)18(20,21)22)27(24-11)17-23-15(30-25-17)9-7-26(4-2)8-9/h5-6,9H,3-4,7-8H2,1-2H3. The SMILES string of the molecule is CCc1nn(-c2noc(C3CN(CC)C3)n2)c2cc(F)cc(OC(=O)C(F)(F)F)c12. The number of esters is 1. The van der Waals surface area contributed by atoms with Gasteiger partial charge in [0.25, 0.3) is 5.95 Å². The highest BCUT2D eigenvalue weighted by Gasteiger charge is 2.42. The van der Waals surface area contributed by atoms with Gasteiger partial charge < -0.3 is 14.2 Å². The Hall–Kier alpha value is -3.02. The molecule has 0 saturated carbocycles. The summed E-state index contributed by atoms with van der Waals surface area (Å²) in [6, 6.07) is 1.77. The lowest BCUT2D eigenvalue weighted by molar-refractivity contribution is -0.189. The van der Waals surface area contributed by atoms with Gasteiger partial charge in [-0.05, 0) is 18.1 Å². The average Bonchev–Trinajstić information content (AvgIpc) is 3.24. The zero-order valence-corrected chi connectivity index (χ0v) is 16.0. The highest BCUT2D eigenvalue weighted by molar-refractivity contribution is 5.92. The summed E-state index contributed by atoms with van der Waals surface area (Å²) < 4.78 is 63.0. The van der Waals surface area contributed by atoms with Crippen molar-refractivity contribution in [3.05, 3.63) is 29.5 Å². The molecule has 1 aromatic carbocycles. The molecular formula is C18H17F4N5O3. The second-order valence-electron chi connectivity index (χ2n) is 6.88. The minimum Gasteiger partial charge on any atom is -0.419 e. The number of fused-ring (bicyclic) bond motifs is 1. The molecular weight excluding hydrogens is 410 g/mol. The van der Waals surface area contributed by atoms with Gasteiger partial charge in [-0.2, -0.15) is 27.9 Å². The molecule has 4 rings (SSSR count). The molecule has 0 bridgehead atoms. The van der Waals surface area contributed by atoms with Crippen molar-refractivity contribution in [1.29, 1.82) is 0 Å². The van der Waals surface area contributed by atoms with Gasteiger partial charge in [0.2, 0.25) is 5.89 Å². The maximum absolute atomic E-state index is 14.1. The quantitative estimate of drug-likeness (QED) is 0.352. The van der Waals surface area contributed by atoms with Crippen LogP contribution in [0.15, 0.2) is 16.7 Å². The fourth-order valence-corrected chi connectivity index (χ4v) is 3.35. The number of aromatic nitrogens is 4. The van der Waals surface area contributed by atoms with E-state index in [1.165, 1.54) is 4.68 Å². The first kappa shape index (κ1) is 20.3. The molecule has 3 aromatic rings. The Labute approximate surface area is 167 Å². The van der Waals surface area contributed by atoms with Crippen molar-refractivity contribution < 1.29 is 31.6 Å². The van der Waals surface area contributed by atoms with Crippen LogP contribution in [0.3, 0.4) is 0 Å². The Balaban J connectivity index is 1.75. The Morgan fingerprint density at radius 2 is 2.03 bits per heavy atom. The third-order valence-corrected chi connectivity index (χ3v) is 4.93. The van der Waals surface area contributed by atoms with Gasteiger partial charge in [0.15, 0.2) is 0 Å². The smallest absolute Gasteiger partial charge is 0.419 e. The van der Waals surface area contributed by atoms with Crippen LogP contribution < -0.4 is 4.74 Å². The Morgan fingerprint density at radius 1 is 1.30 bits per heavy atom. The van der Waals surface area contributed by atoms with E-state index >= 15 is 0 Å². The highest BCUT2D eigenvalue weighted by atomic mass is 19.4. The third-order valence-electron chi connectivity index (χ3n) is 4.93. The van der Waals surface area contributed by atoms with Crippen molar-refractivity contribution in [2.75, 3.05) is 19.6 Å².